The minimum absolute atomic E-state index is 0.169. The van der Waals surface area contributed by atoms with Gasteiger partial charge in [0, 0.05) is 39.4 Å². The molecule has 140 valence electrons. The lowest BCUT2D eigenvalue weighted by molar-refractivity contribution is -0.129. The third-order valence-corrected chi connectivity index (χ3v) is 4.91. The van der Waals surface area contributed by atoms with Crippen molar-refractivity contribution in [1.82, 2.24) is 24.6 Å². The SMILES string of the molecule is Cc1oc(-c2cnn(C)c2)nc1C(=O)N1CCN(C(C)(C)C(N)=O)CC1. The van der Waals surface area contributed by atoms with E-state index in [4.69, 9.17) is 10.2 Å². The van der Waals surface area contributed by atoms with Crippen LogP contribution in [-0.4, -0.2) is 68.1 Å². The molecule has 0 bridgehead atoms. The summed E-state index contributed by atoms with van der Waals surface area (Å²) in [6.45, 7) is 7.49. The molecule has 0 radical (unpaired) electrons. The summed E-state index contributed by atoms with van der Waals surface area (Å²) in [5, 5.41) is 4.09. The molecule has 2 aromatic rings. The maximum atomic E-state index is 12.8. The smallest absolute Gasteiger partial charge is 0.276 e. The number of oxazole rings is 1. The summed E-state index contributed by atoms with van der Waals surface area (Å²) in [4.78, 5) is 32.5. The van der Waals surface area contributed by atoms with Gasteiger partial charge in [0.05, 0.1) is 17.3 Å². The van der Waals surface area contributed by atoms with Crippen molar-refractivity contribution in [3.8, 4) is 11.5 Å². The number of primary amides is 1. The standard InChI is InChI=1S/C17H24N6O3/c1-11-13(20-14(26-11)12-9-19-21(4)10-12)15(24)22-5-7-23(8-6-22)17(2,3)16(18)25/h9-10H,5-8H2,1-4H3,(H2,18,25). The average Bonchev–Trinajstić information content (AvgIpc) is 3.20. The second kappa shape index (κ2) is 6.56. The Bertz CT molecular complexity index is 829. The number of carbonyl (C=O) groups excluding carboxylic acids is 2. The van der Waals surface area contributed by atoms with E-state index in [1.54, 1.807) is 49.8 Å². The Morgan fingerprint density at radius 3 is 2.42 bits per heavy atom. The zero-order valence-corrected chi connectivity index (χ0v) is 15.5. The lowest BCUT2D eigenvalue weighted by Gasteiger charge is -2.42. The van der Waals surface area contributed by atoms with Crippen LogP contribution in [0.5, 0.6) is 0 Å². The zero-order chi connectivity index (χ0) is 19.1. The van der Waals surface area contributed by atoms with Gasteiger partial charge in [-0.3, -0.25) is 19.2 Å². The van der Waals surface area contributed by atoms with E-state index in [0.29, 0.717) is 43.5 Å². The molecule has 0 aliphatic carbocycles. The van der Waals surface area contributed by atoms with E-state index in [1.807, 2.05) is 4.90 Å². The monoisotopic (exact) mass is 360 g/mol. The fourth-order valence-corrected chi connectivity index (χ4v) is 3.02. The Morgan fingerprint density at radius 1 is 1.23 bits per heavy atom. The highest BCUT2D eigenvalue weighted by Crippen LogP contribution is 2.23. The molecule has 3 heterocycles. The Labute approximate surface area is 151 Å². The maximum Gasteiger partial charge on any atom is 0.276 e. The molecule has 0 saturated carbocycles. The summed E-state index contributed by atoms with van der Waals surface area (Å²) < 4.78 is 7.30. The van der Waals surface area contributed by atoms with Gasteiger partial charge in [0.25, 0.3) is 5.91 Å². The molecule has 2 N–H and O–H groups in total. The Hall–Kier alpha value is -2.68. The molecule has 0 spiro atoms. The van der Waals surface area contributed by atoms with E-state index < -0.39 is 5.54 Å². The first kappa shape index (κ1) is 18.1. The van der Waals surface area contributed by atoms with Crippen molar-refractivity contribution in [3.63, 3.8) is 0 Å². The van der Waals surface area contributed by atoms with E-state index >= 15 is 0 Å². The lowest BCUT2D eigenvalue weighted by atomic mass is 10.0. The number of nitrogens with zero attached hydrogens (tertiary/aromatic N) is 5. The molecule has 2 aromatic heterocycles. The van der Waals surface area contributed by atoms with E-state index in [0.717, 1.165) is 5.56 Å². The zero-order valence-electron chi connectivity index (χ0n) is 15.5. The summed E-state index contributed by atoms with van der Waals surface area (Å²) in [6.07, 6.45) is 3.43. The van der Waals surface area contributed by atoms with Crippen molar-refractivity contribution in [2.45, 2.75) is 26.3 Å². The maximum absolute atomic E-state index is 12.8. The van der Waals surface area contributed by atoms with E-state index in [1.165, 1.54) is 0 Å². The van der Waals surface area contributed by atoms with Gasteiger partial charge >= 0.3 is 0 Å². The van der Waals surface area contributed by atoms with Crippen molar-refractivity contribution in [2.24, 2.45) is 12.8 Å². The minimum atomic E-state index is -0.730. The molecular formula is C17H24N6O3. The third kappa shape index (κ3) is 3.22. The Morgan fingerprint density at radius 2 is 1.88 bits per heavy atom. The third-order valence-electron chi connectivity index (χ3n) is 4.91. The number of piperazine rings is 1. The summed E-state index contributed by atoms with van der Waals surface area (Å²) in [5.74, 6) is 0.324. The van der Waals surface area contributed by atoms with Crippen molar-refractivity contribution in [1.29, 1.82) is 0 Å². The van der Waals surface area contributed by atoms with Gasteiger partial charge in [-0.15, -0.1) is 0 Å². The first-order valence-electron chi connectivity index (χ1n) is 8.51. The van der Waals surface area contributed by atoms with Crippen molar-refractivity contribution >= 4 is 11.8 Å². The molecule has 0 atom stereocenters. The predicted octanol–water partition coefficient (Wildman–Crippen LogP) is 0.405. The van der Waals surface area contributed by atoms with Crippen molar-refractivity contribution in [2.75, 3.05) is 26.2 Å². The number of rotatable bonds is 4. The van der Waals surface area contributed by atoms with Gasteiger partial charge in [0.15, 0.2) is 5.69 Å². The van der Waals surface area contributed by atoms with Crippen LogP contribution in [0.2, 0.25) is 0 Å². The highest BCUT2D eigenvalue weighted by Gasteiger charge is 2.36. The van der Waals surface area contributed by atoms with Crippen LogP contribution in [0.1, 0.15) is 30.1 Å². The molecule has 1 saturated heterocycles. The molecule has 1 aliphatic rings. The number of hydrogen-bond acceptors (Lipinski definition) is 6. The van der Waals surface area contributed by atoms with Crippen LogP contribution >= 0.6 is 0 Å². The van der Waals surface area contributed by atoms with Gasteiger partial charge in [-0.05, 0) is 20.8 Å². The molecule has 26 heavy (non-hydrogen) atoms. The molecule has 0 aromatic carbocycles. The van der Waals surface area contributed by atoms with Crippen LogP contribution in [0, 0.1) is 6.92 Å². The normalized spacial score (nSPS) is 16.1. The van der Waals surface area contributed by atoms with Gasteiger partial charge in [0.2, 0.25) is 11.8 Å². The fourth-order valence-electron chi connectivity index (χ4n) is 3.02. The number of aromatic nitrogens is 3. The van der Waals surface area contributed by atoms with Crippen LogP contribution in [-0.2, 0) is 11.8 Å². The van der Waals surface area contributed by atoms with Gasteiger partial charge in [0.1, 0.15) is 5.76 Å². The molecule has 2 amide bonds. The van der Waals surface area contributed by atoms with E-state index in [2.05, 4.69) is 10.1 Å². The Balaban J connectivity index is 1.71. The first-order valence-corrected chi connectivity index (χ1v) is 8.51. The van der Waals surface area contributed by atoms with Crippen LogP contribution in [0.3, 0.4) is 0 Å². The lowest BCUT2D eigenvalue weighted by Crippen LogP contribution is -2.60. The molecule has 3 rings (SSSR count). The minimum Gasteiger partial charge on any atom is -0.440 e. The van der Waals surface area contributed by atoms with Gasteiger partial charge in [-0.2, -0.15) is 5.10 Å². The Kier molecular flexibility index (Phi) is 4.57. The van der Waals surface area contributed by atoms with Gasteiger partial charge < -0.3 is 15.1 Å². The van der Waals surface area contributed by atoms with Crippen LogP contribution < -0.4 is 5.73 Å². The number of amides is 2. The topological polar surface area (TPSA) is 110 Å². The summed E-state index contributed by atoms with van der Waals surface area (Å²) >= 11 is 0. The van der Waals surface area contributed by atoms with Gasteiger partial charge in [-0.25, -0.2) is 4.98 Å². The quantitative estimate of drug-likeness (QED) is 0.845. The number of nitrogens with two attached hydrogens (primary N) is 1. The molecule has 9 heteroatoms. The number of carbonyl (C=O) groups is 2. The first-order chi connectivity index (χ1) is 12.2. The van der Waals surface area contributed by atoms with Crippen LogP contribution in [0.15, 0.2) is 16.8 Å². The second-order valence-corrected chi connectivity index (χ2v) is 7.03. The highest BCUT2D eigenvalue weighted by molar-refractivity contribution is 5.93. The molecule has 9 nitrogen and oxygen atoms in total. The number of hydrogen-bond donors (Lipinski definition) is 1. The molecule has 0 unspecified atom stereocenters. The molecule has 1 aliphatic heterocycles. The van der Waals surface area contributed by atoms with Crippen LogP contribution in [0.4, 0.5) is 0 Å². The second-order valence-electron chi connectivity index (χ2n) is 7.03. The average molecular weight is 360 g/mol. The fraction of sp³-hybridized carbons (Fsp3) is 0.529. The van der Waals surface area contributed by atoms with Crippen LogP contribution in [0.25, 0.3) is 11.5 Å². The summed E-state index contributed by atoms with van der Waals surface area (Å²) in [5.41, 5.74) is 5.78. The summed E-state index contributed by atoms with van der Waals surface area (Å²) in [7, 11) is 1.80. The predicted molar refractivity (Wildman–Crippen MR) is 94.2 cm³/mol. The molecular weight excluding hydrogens is 336 g/mol. The summed E-state index contributed by atoms with van der Waals surface area (Å²) in [6, 6.07) is 0. The highest BCUT2D eigenvalue weighted by atomic mass is 16.4. The van der Waals surface area contributed by atoms with Crippen molar-refractivity contribution in [3.05, 3.63) is 23.8 Å². The van der Waals surface area contributed by atoms with E-state index in [-0.39, 0.29) is 11.8 Å². The molecule has 1 fully saturated rings. The van der Waals surface area contributed by atoms with Crippen molar-refractivity contribution < 1.29 is 14.0 Å². The number of aryl methyl sites for hydroxylation is 2. The largest absolute Gasteiger partial charge is 0.440 e. The van der Waals surface area contributed by atoms with Gasteiger partial charge in [-0.1, -0.05) is 0 Å². The van der Waals surface area contributed by atoms with E-state index in [9.17, 15) is 9.59 Å².